The summed E-state index contributed by atoms with van der Waals surface area (Å²) in [7, 11) is 2.10. The van der Waals surface area contributed by atoms with Gasteiger partial charge in [0.1, 0.15) is 0 Å². The number of hydrogen-bond donors (Lipinski definition) is 1. The van der Waals surface area contributed by atoms with Crippen LogP contribution in [-0.2, 0) is 5.54 Å². The third kappa shape index (κ3) is 3.40. The van der Waals surface area contributed by atoms with Gasteiger partial charge in [0.25, 0.3) is 0 Å². The third-order valence-corrected chi connectivity index (χ3v) is 3.65. The van der Waals surface area contributed by atoms with E-state index in [2.05, 4.69) is 63.1 Å². The molecule has 1 atom stereocenters. The lowest BCUT2D eigenvalue weighted by Crippen LogP contribution is -2.44. The van der Waals surface area contributed by atoms with E-state index < -0.39 is 0 Å². The Morgan fingerprint density at radius 2 is 1.55 bits per heavy atom. The van der Waals surface area contributed by atoms with Crippen LogP contribution in [0.25, 0.3) is 0 Å². The molecule has 2 aromatic carbocycles. The Morgan fingerprint density at radius 1 is 1.00 bits per heavy atom. The maximum Gasteiger partial charge on any atom is 0.0558 e. The highest BCUT2D eigenvalue weighted by Gasteiger charge is 2.23. The lowest BCUT2D eigenvalue weighted by atomic mass is 9.92. The van der Waals surface area contributed by atoms with Crippen molar-refractivity contribution in [1.29, 1.82) is 0 Å². The van der Waals surface area contributed by atoms with Crippen molar-refractivity contribution < 1.29 is 0 Å². The molecule has 2 nitrogen and oxygen atoms in total. The minimum Gasteiger partial charge on any atom is -0.372 e. The van der Waals surface area contributed by atoms with Gasteiger partial charge in [-0.1, -0.05) is 36.4 Å². The first-order valence-electron chi connectivity index (χ1n) is 7.02. The van der Waals surface area contributed by atoms with Gasteiger partial charge in [0, 0.05) is 19.3 Å². The topological polar surface area (TPSA) is 29.3 Å². The zero-order valence-electron chi connectivity index (χ0n) is 12.9. The van der Waals surface area contributed by atoms with Crippen LogP contribution < -0.4 is 10.6 Å². The van der Waals surface area contributed by atoms with Crippen LogP contribution in [0.5, 0.6) is 0 Å². The fraction of sp³-hybridized carbons (Fsp3) is 0.333. The summed E-state index contributed by atoms with van der Waals surface area (Å²) in [6.07, 6.45) is 0. The largest absolute Gasteiger partial charge is 0.372 e. The van der Waals surface area contributed by atoms with Crippen molar-refractivity contribution in [2.24, 2.45) is 5.73 Å². The molecular weight excluding hydrogens is 244 g/mol. The molecule has 0 amide bonds. The predicted molar refractivity (Wildman–Crippen MR) is 87.2 cm³/mol. The molecule has 20 heavy (non-hydrogen) atoms. The zero-order valence-corrected chi connectivity index (χ0v) is 12.9. The van der Waals surface area contributed by atoms with Gasteiger partial charge >= 0.3 is 0 Å². The van der Waals surface area contributed by atoms with Gasteiger partial charge < -0.3 is 10.6 Å². The fourth-order valence-electron chi connectivity index (χ4n) is 2.67. The van der Waals surface area contributed by atoms with Crippen LogP contribution >= 0.6 is 0 Å². The van der Waals surface area contributed by atoms with Gasteiger partial charge in [-0.15, -0.1) is 0 Å². The Labute approximate surface area is 122 Å². The molecule has 0 heterocycles. The highest BCUT2D eigenvalue weighted by molar-refractivity contribution is 5.51. The number of anilines is 1. The maximum absolute atomic E-state index is 6.51. The van der Waals surface area contributed by atoms with Crippen LogP contribution in [0, 0.1) is 13.8 Å². The van der Waals surface area contributed by atoms with E-state index in [0.29, 0.717) is 0 Å². The molecule has 106 valence electrons. The van der Waals surface area contributed by atoms with Crippen molar-refractivity contribution in [2.75, 3.05) is 18.5 Å². The predicted octanol–water partition coefficient (Wildman–Crippen LogP) is 3.61. The smallest absolute Gasteiger partial charge is 0.0558 e. The van der Waals surface area contributed by atoms with Crippen molar-refractivity contribution >= 4 is 5.69 Å². The average Bonchev–Trinajstić information content (AvgIpc) is 2.38. The minimum atomic E-state index is -0.367. The number of aryl methyl sites for hydroxylation is 2. The fourth-order valence-corrected chi connectivity index (χ4v) is 2.67. The van der Waals surface area contributed by atoms with Gasteiger partial charge in [-0.05, 0) is 49.6 Å². The Hall–Kier alpha value is -1.80. The number of likely N-dealkylation sites (N-methyl/N-ethyl adjacent to an activating group) is 1. The Morgan fingerprint density at radius 3 is 2.10 bits per heavy atom. The molecule has 0 saturated carbocycles. The Balaban J connectivity index is 2.20. The second-order valence-electron chi connectivity index (χ2n) is 5.99. The SMILES string of the molecule is Cc1cc(C)cc(N(C)CC(C)(N)c2ccccc2)c1. The van der Waals surface area contributed by atoms with Crippen LogP contribution in [0.2, 0.25) is 0 Å². The number of nitrogens with two attached hydrogens (primary N) is 1. The molecule has 0 aliphatic carbocycles. The van der Waals surface area contributed by atoms with Crippen LogP contribution in [0.15, 0.2) is 48.5 Å². The summed E-state index contributed by atoms with van der Waals surface area (Å²) in [5, 5.41) is 0. The van der Waals surface area contributed by atoms with Crippen molar-refractivity contribution in [1.82, 2.24) is 0 Å². The number of nitrogens with zero attached hydrogens (tertiary/aromatic N) is 1. The van der Waals surface area contributed by atoms with E-state index in [4.69, 9.17) is 5.73 Å². The van der Waals surface area contributed by atoms with Gasteiger partial charge in [0.05, 0.1) is 5.54 Å². The Bertz CT molecular complexity index is 553. The van der Waals surface area contributed by atoms with Crippen molar-refractivity contribution in [2.45, 2.75) is 26.3 Å². The maximum atomic E-state index is 6.51. The molecule has 0 bridgehead atoms. The Kier molecular flexibility index (Phi) is 4.15. The summed E-state index contributed by atoms with van der Waals surface area (Å²) in [6.45, 7) is 7.12. The molecule has 0 aliphatic heterocycles. The zero-order chi connectivity index (χ0) is 14.8. The van der Waals surface area contributed by atoms with Crippen LogP contribution in [-0.4, -0.2) is 13.6 Å². The molecule has 2 aromatic rings. The van der Waals surface area contributed by atoms with E-state index in [1.54, 1.807) is 0 Å². The molecule has 2 rings (SSSR count). The first-order valence-corrected chi connectivity index (χ1v) is 7.02. The second-order valence-corrected chi connectivity index (χ2v) is 5.99. The molecule has 0 spiro atoms. The molecule has 0 saturated heterocycles. The molecule has 2 heteroatoms. The molecular formula is C18H24N2. The van der Waals surface area contributed by atoms with E-state index in [1.165, 1.54) is 16.8 Å². The quantitative estimate of drug-likeness (QED) is 0.917. The standard InChI is InChI=1S/C18H24N2/c1-14-10-15(2)12-17(11-14)20(4)13-18(3,19)16-8-6-5-7-9-16/h5-12H,13,19H2,1-4H3. The molecule has 0 aliphatic rings. The average molecular weight is 268 g/mol. The van der Waals surface area contributed by atoms with Gasteiger partial charge in [-0.25, -0.2) is 0 Å². The van der Waals surface area contributed by atoms with Crippen LogP contribution in [0.4, 0.5) is 5.69 Å². The van der Waals surface area contributed by atoms with E-state index >= 15 is 0 Å². The van der Waals surface area contributed by atoms with Gasteiger partial charge in [0.2, 0.25) is 0 Å². The highest BCUT2D eigenvalue weighted by Crippen LogP contribution is 2.23. The summed E-state index contributed by atoms with van der Waals surface area (Å²) in [4.78, 5) is 2.23. The van der Waals surface area contributed by atoms with Crippen molar-refractivity contribution in [3.8, 4) is 0 Å². The van der Waals surface area contributed by atoms with E-state index in [9.17, 15) is 0 Å². The van der Waals surface area contributed by atoms with Crippen molar-refractivity contribution in [3.05, 3.63) is 65.2 Å². The normalized spacial score (nSPS) is 13.8. The number of benzene rings is 2. The lowest BCUT2D eigenvalue weighted by molar-refractivity contribution is 0.495. The molecule has 1 unspecified atom stereocenters. The van der Waals surface area contributed by atoms with Crippen LogP contribution in [0.3, 0.4) is 0 Å². The lowest BCUT2D eigenvalue weighted by Gasteiger charge is -2.32. The summed E-state index contributed by atoms with van der Waals surface area (Å²) < 4.78 is 0. The van der Waals surface area contributed by atoms with Crippen LogP contribution in [0.1, 0.15) is 23.6 Å². The molecule has 2 N–H and O–H groups in total. The molecule has 0 fully saturated rings. The van der Waals surface area contributed by atoms with E-state index in [1.807, 2.05) is 18.2 Å². The summed E-state index contributed by atoms with van der Waals surface area (Å²) in [6, 6.07) is 16.9. The van der Waals surface area contributed by atoms with Gasteiger partial charge in [-0.3, -0.25) is 0 Å². The summed E-state index contributed by atoms with van der Waals surface area (Å²) >= 11 is 0. The number of hydrogen-bond acceptors (Lipinski definition) is 2. The summed E-state index contributed by atoms with van der Waals surface area (Å²) in [5.74, 6) is 0. The summed E-state index contributed by atoms with van der Waals surface area (Å²) in [5.41, 5.74) is 11.1. The van der Waals surface area contributed by atoms with Gasteiger partial charge in [0.15, 0.2) is 0 Å². The third-order valence-electron chi connectivity index (χ3n) is 3.65. The highest BCUT2D eigenvalue weighted by atomic mass is 15.1. The first-order chi connectivity index (χ1) is 9.38. The number of rotatable bonds is 4. The van der Waals surface area contributed by atoms with Gasteiger partial charge in [-0.2, -0.15) is 0 Å². The van der Waals surface area contributed by atoms with E-state index in [-0.39, 0.29) is 5.54 Å². The first kappa shape index (κ1) is 14.6. The second kappa shape index (κ2) is 5.68. The molecule has 0 radical (unpaired) electrons. The monoisotopic (exact) mass is 268 g/mol. The van der Waals surface area contributed by atoms with E-state index in [0.717, 1.165) is 12.1 Å². The van der Waals surface area contributed by atoms with Crippen molar-refractivity contribution in [3.63, 3.8) is 0 Å². The molecule has 0 aromatic heterocycles. The minimum absolute atomic E-state index is 0.367.